The van der Waals surface area contributed by atoms with Gasteiger partial charge < -0.3 is 24.8 Å². The summed E-state index contributed by atoms with van der Waals surface area (Å²) < 4.78 is 14.1. The molecule has 4 aromatic rings. The van der Waals surface area contributed by atoms with Crippen LogP contribution in [0.1, 0.15) is 27.5 Å². The van der Waals surface area contributed by atoms with Crippen LogP contribution in [0.15, 0.2) is 60.2 Å². The summed E-state index contributed by atoms with van der Waals surface area (Å²) in [6.07, 6.45) is 3.22. The highest BCUT2D eigenvalue weighted by Crippen LogP contribution is 2.77. The predicted octanol–water partition coefficient (Wildman–Crippen LogP) is 3.63. The zero-order chi connectivity index (χ0) is 28.0. The first kappa shape index (κ1) is 24.9. The third-order valence-electron chi connectivity index (χ3n) is 8.39. The number of nitrogens with zero attached hydrogens (tertiary/aromatic N) is 5. The fourth-order valence-corrected chi connectivity index (χ4v) is 8.21. The Labute approximate surface area is 238 Å². The van der Waals surface area contributed by atoms with E-state index in [1.54, 1.807) is 61.4 Å². The van der Waals surface area contributed by atoms with E-state index in [0.29, 0.717) is 28.4 Å². The minimum atomic E-state index is -1.95. The van der Waals surface area contributed by atoms with Gasteiger partial charge in [0, 0.05) is 37.4 Å². The molecule has 1 amide bonds. The third kappa shape index (κ3) is 2.68. The number of carbonyl (C=O) groups is 1. The highest BCUT2D eigenvalue weighted by Gasteiger charge is 2.87. The number of hydrogen-bond donors (Lipinski definition) is 2. The van der Waals surface area contributed by atoms with Crippen molar-refractivity contribution in [1.29, 1.82) is 5.26 Å². The van der Waals surface area contributed by atoms with Crippen molar-refractivity contribution in [3.63, 3.8) is 0 Å². The average Bonchev–Trinajstić information content (AvgIpc) is 3.74. The highest BCUT2D eigenvalue weighted by molar-refractivity contribution is 7.10. The SMILES string of the molecule is COc1cc2c(c(Cl)n1)[C@]13Nc4nccn4[C@@]1(O)[C@H](C(=O)N(C)C)[C@@H](c1cccs1)[C@]3(c1ccc(C#N)cc1)O2. The minimum absolute atomic E-state index is 0.0597. The second-order valence-corrected chi connectivity index (χ2v) is 11.6. The van der Waals surface area contributed by atoms with E-state index >= 15 is 0 Å². The second kappa shape index (κ2) is 8.20. The zero-order valence-electron chi connectivity index (χ0n) is 21.6. The number of imidazole rings is 1. The van der Waals surface area contributed by atoms with E-state index < -0.39 is 28.7 Å². The van der Waals surface area contributed by atoms with Gasteiger partial charge in [-0.3, -0.25) is 9.36 Å². The number of thiophene rings is 1. The van der Waals surface area contributed by atoms with Gasteiger partial charge in [0.05, 0.1) is 30.2 Å². The van der Waals surface area contributed by atoms with Gasteiger partial charge in [-0.15, -0.1) is 11.3 Å². The number of methoxy groups -OCH3 is 1. The molecule has 5 atom stereocenters. The number of ether oxygens (including phenoxy) is 2. The number of carbonyl (C=O) groups excluding carboxylic acids is 1. The van der Waals surface area contributed by atoms with Crippen molar-refractivity contribution < 1.29 is 19.4 Å². The molecule has 0 radical (unpaired) electrons. The van der Waals surface area contributed by atoms with Gasteiger partial charge in [0.15, 0.2) is 16.9 Å². The Kier molecular flexibility index (Phi) is 5.11. The molecule has 5 heterocycles. The molecule has 202 valence electrons. The summed E-state index contributed by atoms with van der Waals surface area (Å²) in [6, 6.07) is 14.6. The van der Waals surface area contributed by atoms with Crippen LogP contribution >= 0.6 is 22.9 Å². The monoisotopic (exact) mass is 574 g/mol. The lowest BCUT2D eigenvalue weighted by Crippen LogP contribution is -2.60. The van der Waals surface area contributed by atoms with Crippen LogP contribution in [0.5, 0.6) is 11.6 Å². The average molecular weight is 575 g/mol. The Morgan fingerprint density at radius 2 is 2.10 bits per heavy atom. The molecule has 3 aliphatic rings. The Morgan fingerprint density at radius 3 is 2.75 bits per heavy atom. The molecule has 2 N–H and O–H groups in total. The van der Waals surface area contributed by atoms with Crippen LogP contribution in [0.4, 0.5) is 5.95 Å². The Morgan fingerprint density at radius 1 is 1.32 bits per heavy atom. The molecule has 0 unspecified atom stereocenters. The summed E-state index contributed by atoms with van der Waals surface area (Å²) >= 11 is 8.40. The van der Waals surface area contributed by atoms with Gasteiger partial charge >= 0.3 is 0 Å². The number of hydrogen-bond acceptors (Lipinski definition) is 9. The van der Waals surface area contributed by atoms with Gasteiger partial charge in [0.2, 0.25) is 17.7 Å². The van der Waals surface area contributed by atoms with Crippen molar-refractivity contribution >= 4 is 34.8 Å². The van der Waals surface area contributed by atoms with Gasteiger partial charge in [0.25, 0.3) is 0 Å². The highest BCUT2D eigenvalue weighted by atomic mass is 35.5. The fraction of sp³-hybridized carbons (Fsp3) is 0.286. The summed E-state index contributed by atoms with van der Waals surface area (Å²) in [4.78, 5) is 25.5. The van der Waals surface area contributed by atoms with Crippen LogP contribution in [-0.4, -0.2) is 51.7 Å². The molecule has 0 saturated heterocycles. The number of rotatable bonds is 4. The molecule has 7 rings (SSSR count). The molecule has 1 aromatic carbocycles. The summed E-state index contributed by atoms with van der Waals surface area (Å²) in [5.74, 6) is -1.11. The number of nitriles is 1. The van der Waals surface area contributed by atoms with Crippen molar-refractivity contribution in [1.82, 2.24) is 19.4 Å². The summed E-state index contributed by atoms with van der Waals surface area (Å²) in [6.45, 7) is 0. The predicted molar refractivity (Wildman–Crippen MR) is 146 cm³/mol. The number of fused-ring (bicyclic) bond motifs is 3. The van der Waals surface area contributed by atoms with Crippen LogP contribution in [0, 0.1) is 17.2 Å². The third-order valence-corrected chi connectivity index (χ3v) is 9.62. The molecule has 1 saturated carbocycles. The molecule has 12 heteroatoms. The summed E-state index contributed by atoms with van der Waals surface area (Å²) in [7, 11) is 4.81. The van der Waals surface area contributed by atoms with E-state index in [1.165, 1.54) is 23.3 Å². The number of nitrogens with one attached hydrogen (secondary N) is 1. The minimum Gasteiger partial charge on any atom is -0.481 e. The fourth-order valence-electron chi connectivity index (χ4n) is 6.98. The lowest BCUT2D eigenvalue weighted by Gasteiger charge is -2.43. The number of pyridine rings is 1. The zero-order valence-corrected chi connectivity index (χ0v) is 23.2. The normalized spacial score (nSPS) is 28.9. The van der Waals surface area contributed by atoms with Crippen molar-refractivity contribution in [2.24, 2.45) is 5.92 Å². The van der Waals surface area contributed by atoms with Gasteiger partial charge in [-0.1, -0.05) is 29.8 Å². The Balaban J connectivity index is 1.67. The van der Waals surface area contributed by atoms with Crippen LogP contribution in [0.25, 0.3) is 0 Å². The van der Waals surface area contributed by atoms with E-state index in [-0.39, 0.29) is 16.9 Å². The molecule has 1 fully saturated rings. The van der Waals surface area contributed by atoms with Crippen molar-refractivity contribution in [2.45, 2.75) is 22.8 Å². The molecular formula is C28H23ClN6O4S. The van der Waals surface area contributed by atoms with Crippen molar-refractivity contribution in [3.05, 3.63) is 87.0 Å². The molecule has 40 heavy (non-hydrogen) atoms. The molecule has 0 bridgehead atoms. The van der Waals surface area contributed by atoms with Crippen LogP contribution < -0.4 is 14.8 Å². The smallest absolute Gasteiger partial charge is 0.230 e. The van der Waals surface area contributed by atoms with E-state index in [4.69, 9.17) is 21.1 Å². The topological polar surface area (TPSA) is 126 Å². The molecule has 10 nitrogen and oxygen atoms in total. The summed E-state index contributed by atoms with van der Waals surface area (Å²) in [5, 5.41) is 28.3. The van der Waals surface area contributed by atoms with Gasteiger partial charge in [-0.25, -0.2) is 9.97 Å². The maximum absolute atomic E-state index is 14.3. The van der Waals surface area contributed by atoms with E-state index in [0.717, 1.165) is 4.88 Å². The van der Waals surface area contributed by atoms with Gasteiger partial charge in [-0.05, 0) is 29.1 Å². The number of benzene rings is 1. The largest absolute Gasteiger partial charge is 0.481 e. The molecule has 1 aliphatic carbocycles. The standard InChI is InChI=1S/C28H23ClN6O4S/c1-34(2)24(36)22-21(18-5-4-12-40-18)26(16-8-6-15(14-30)7-9-16)27(28(22,37)35-11-10-31-25(35)33-27)20-17(39-26)13-19(38-3)32-23(20)29/h4-13,21-22,37H,1-3H3,(H,31,33)/t21-,22+,26+,27-,28-/m1/s1. The van der Waals surface area contributed by atoms with Crippen molar-refractivity contribution in [2.75, 3.05) is 26.5 Å². The van der Waals surface area contributed by atoms with Crippen LogP contribution in [0.3, 0.4) is 0 Å². The lowest BCUT2D eigenvalue weighted by molar-refractivity contribution is -0.157. The first-order valence-electron chi connectivity index (χ1n) is 12.5. The first-order valence-corrected chi connectivity index (χ1v) is 13.7. The van der Waals surface area contributed by atoms with E-state index in [9.17, 15) is 15.2 Å². The summed E-state index contributed by atoms with van der Waals surface area (Å²) in [5.41, 5.74) is -3.47. The number of anilines is 1. The first-order chi connectivity index (χ1) is 19.2. The van der Waals surface area contributed by atoms with Crippen LogP contribution in [-0.2, 0) is 21.7 Å². The van der Waals surface area contributed by atoms with E-state index in [2.05, 4.69) is 21.4 Å². The Hall–Kier alpha value is -4.11. The number of amides is 1. The van der Waals surface area contributed by atoms with E-state index in [1.807, 2.05) is 17.5 Å². The molecular weight excluding hydrogens is 552 g/mol. The quantitative estimate of drug-likeness (QED) is 0.354. The van der Waals surface area contributed by atoms with Gasteiger partial charge in [-0.2, -0.15) is 5.26 Å². The van der Waals surface area contributed by atoms with Gasteiger partial charge in [0.1, 0.15) is 16.8 Å². The number of aliphatic hydroxyl groups is 1. The molecule has 2 aliphatic heterocycles. The number of halogens is 1. The maximum atomic E-state index is 14.3. The molecule has 1 spiro atoms. The van der Waals surface area contributed by atoms with Crippen LogP contribution in [0.2, 0.25) is 5.15 Å². The lowest BCUT2D eigenvalue weighted by atomic mass is 9.69. The maximum Gasteiger partial charge on any atom is 0.230 e. The Bertz CT molecular complexity index is 1720. The molecule has 3 aromatic heterocycles. The van der Waals surface area contributed by atoms with Crippen molar-refractivity contribution in [3.8, 4) is 17.7 Å². The number of aromatic nitrogens is 3. The second-order valence-electron chi connectivity index (χ2n) is 10.3.